The van der Waals surface area contributed by atoms with Crippen molar-refractivity contribution in [2.24, 2.45) is 0 Å². The molecule has 0 atom stereocenters. The van der Waals surface area contributed by atoms with E-state index >= 15 is 0 Å². The van der Waals surface area contributed by atoms with Crippen LogP contribution in [0.5, 0.6) is 5.75 Å². The number of carbonyl (C=O) groups excluding carboxylic acids is 1. The summed E-state index contributed by atoms with van der Waals surface area (Å²) < 4.78 is 5.62. The van der Waals surface area contributed by atoms with Crippen molar-refractivity contribution in [2.45, 2.75) is 19.8 Å². The summed E-state index contributed by atoms with van der Waals surface area (Å²) in [4.78, 5) is 13.8. The minimum absolute atomic E-state index is 0.244. The van der Waals surface area contributed by atoms with Gasteiger partial charge in [0.25, 0.3) is 0 Å². The number of nitrogens with zero attached hydrogens (tertiary/aromatic N) is 1. The summed E-state index contributed by atoms with van der Waals surface area (Å²) in [5.41, 5.74) is 1.22. The maximum atomic E-state index is 11.9. The first-order valence-corrected chi connectivity index (χ1v) is 6.94. The van der Waals surface area contributed by atoms with Crippen molar-refractivity contribution >= 4 is 5.91 Å². The van der Waals surface area contributed by atoms with Crippen LogP contribution in [0.1, 0.15) is 18.4 Å². The van der Waals surface area contributed by atoms with E-state index in [1.54, 1.807) is 0 Å². The highest BCUT2D eigenvalue weighted by Gasteiger charge is 2.15. The van der Waals surface area contributed by atoms with Gasteiger partial charge in [0.2, 0.25) is 5.91 Å². The van der Waals surface area contributed by atoms with Crippen LogP contribution in [0.3, 0.4) is 0 Å². The van der Waals surface area contributed by atoms with Gasteiger partial charge in [-0.2, -0.15) is 0 Å². The molecule has 19 heavy (non-hydrogen) atoms. The molecule has 0 aromatic heterocycles. The summed E-state index contributed by atoms with van der Waals surface area (Å²) in [7, 11) is 0. The first-order chi connectivity index (χ1) is 9.25. The summed E-state index contributed by atoms with van der Waals surface area (Å²) in [6.45, 7) is 6.13. The van der Waals surface area contributed by atoms with Gasteiger partial charge in [-0.25, -0.2) is 0 Å². The quantitative estimate of drug-likeness (QED) is 0.819. The Morgan fingerprint density at radius 3 is 2.63 bits per heavy atom. The van der Waals surface area contributed by atoms with Crippen LogP contribution in [0, 0.1) is 6.92 Å². The van der Waals surface area contributed by atoms with Gasteiger partial charge in [-0.3, -0.25) is 4.79 Å². The van der Waals surface area contributed by atoms with Crippen molar-refractivity contribution in [3.05, 3.63) is 29.8 Å². The van der Waals surface area contributed by atoms with E-state index in [2.05, 4.69) is 12.2 Å². The fraction of sp³-hybridized carbons (Fsp3) is 0.533. The Kier molecular flexibility index (Phi) is 5.21. The number of aryl methyl sites for hydroxylation is 1. The summed E-state index contributed by atoms with van der Waals surface area (Å²) in [5, 5.41) is 3.24. The second kappa shape index (κ2) is 7.14. The Hall–Kier alpha value is -1.55. The minimum Gasteiger partial charge on any atom is -0.494 e. The lowest BCUT2D eigenvalue weighted by atomic mass is 10.2. The zero-order valence-corrected chi connectivity index (χ0v) is 11.5. The van der Waals surface area contributed by atoms with Crippen molar-refractivity contribution < 1.29 is 9.53 Å². The molecule has 2 rings (SSSR count). The summed E-state index contributed by atoms with van der Waals surface area (Å²) in [6, 6.07) is 7.99. The number of rotatable bonds is 5. The molecule has 1 N–H and O–H groups in total. The molecule has 0 aliphatic carbocycles. The lowest BCUT2D eigenvalue weighted by Crippen LogP contribution is -2.46. The number of hydrogen-bond donors (Lipinski definition) is 1. The lowest BCUT2D eigenvalue weighted by Gasteiger charge is -2.27. The molecule has 1 fully saturated rings. The third-order valence-corrected chi connectivity index (χ3v) is 3.29. The molecule has 1 aliphatic heterocycles. The number of benzene rings is 1. The van der Waals surface area contributed by atoms with Gasteiger partial charge in [-0.05, 0) is 25.5 Å². The molecule has 0 bridgehead atoms. The van der Waals surface area contributed by atoms with E-state index in [9.17, 15) is 4.79 Å². The van der Waals surface area contributed by atoms with Crippen LogP contribution in [0.25, 0.3) is 0 Å². The maximum absolute atomic E-state index is 11.9. The Bertz CT molecular complexity index is 397. The van der Waals surface area contributed by atoms with Gasteiger partial charge in [0.1, 0.15) is 5.75 Å². The van der Waals surface area contributed by atoms with Gasteiger partial charge in [-0.15, -0.1) is 0 Å². The van der Waals surface area contributed by atoms with Crippen LogP contribution in [0.15, 0.2) is 24.3 Å². The van der Waals surface area contributed by atoms with E-state index in [-0.39, 0.29) is 5.91 Å². The Morgan fingerprint density at radius 2 is 1.95 bits per heavy atom. The molecule has 1 aliphatic rings. The van der Waals surface area contributed by atoms with Crippen LogP contribution in [0.4, 0.5) is 0 Å². The van der Waals surface area contributed by atoms with Gasteiger partial charge in [0.05, 0.1) is 6.61 Å². The van der Waals surface area contributed by atoms with Gasteiger partial charge in [-0.1, -0.05) is 17.7 Å². The zero-order valence-electron chi connectivity index (χ0n) is 11.5. The Morgan fingerprint density at radius 1 is 1.26 bits per heavy atom. The highest BCUT2D eigenvalue weighted by molar-refractivity contribution is 5.76. The van der Waals surface area contributed by atoms with Crippen molar-refractivity contribution in [3.63, 3.8) is 0 Å². The number of carbonyl (C=O) groups is 1. The molecule has 1 aromatic carbocycles. The molecule has 0 saturated carbocycles. The second-order valence-corrected chi connectivity index (χ2v) is 4.90. The van der Waals surface area contributed by atoms with Gasteiger partial charge >= 0.3 is 0 Å². The van der Waals surface area contributed by atoms with E-state index in [4.69, 9.17) is 4.74 Å². The molecule has 1 aromatic rings. The third-order valence-electron chi connectivity index (χ3n) is 3.29. The average Bonchev–Trinajstić information content (AvgIpc) is 2.46. The third kappa shape index (κ3) is 4.56. The minimum atomic E-state index is 0.244. The van der Waals surface area contributed by atoms with Crippen molar-refractivity contribution in [2.75, 3.05) is 32.8 Å². The summed E-state index contributed by atoms with van der Waals surface area (Å²) in [5.74, 6) is 1.12. The van der Waals surface area contributed by atoms with Crippen LogP contribution in [-0.4, -0.2) is 43.6 Å². The fourth-order valence-electron chi connectivity index (χ4n) is 2.12. The van der Waals surface area contributed by atoms with Crippen LogP contribution in [0.2, 0.25) is 0 Å². The van der Waals surface area contributed by atoms with Crippen molar-refractivity contribution in [1.29, 1.82) is 0 Å². The molecule has 1 amide bonds. The highest BCUT2D eigenvalue weighted by Crippen LogP contribution is 2.12. The van der Waals surface area contributed by atoms with Crippen molar-refractivity contribution in [1.82, 2.24) is 10.2 Å². The molecule has 4 nitrogen and oxygen atoms in total. The molecule has 4 heteroatoms. The van der Waals surface area contributed by atoms with Gasteiger partial charge < -0.3 is 15.0 Å². The number of piperazine rings is 1. The van der Waals surface area contributed by atoms with Gasteiger partial charge in [0, 0.05) is 32.6 Å². The molecule has 0 unspecified atom stereocenters. The fourth-order valence-corrected chi connectivity index (χ4v) is 2.12. The van der Waals surface area contributed by atoms with E-state index in [1.165, 1.54) is 5.56 Å². The SMILES string of the molecule is Cc1ccc(OCCCC(=O)N2CCNCC2)cc1. The lowest BCUT2D eigenvalue weighted by molar-refractivity contribution is -0.132. The summed E-state index contributed by atoms with van der Waals surface area (Å²) >= 11 is 0. The molecule has 1 saturated heterocycles. The highest BCUT2D eigenvalue weighted by atomic mass is 16.5. The van der Waals surface area contributed by atoms with Crippen LogP contribution >= 0.6 is 0 Å². The number of ether oxygens (including phenoxy) is 1. The predicted molar refractivity (Wildman–Crippen MR) is 75.4 cm³/mol. The molecule has 1 heterocycles. The molecule has 104 valence electrons. The monoisotopic (exact) mass is 262 g/mol. The predicted octanol–water partition coefficient (Wildman–Crippen LogP) is 1.59. The normalized spacial score (nSPS) is 15.3. The first kappa shape index (κ1) is 13.9. The van der Waals surface area contributed by atoms with E-state index in [0.717, 1.165) is 38.3 Å². The maximum Gasteiger partial charge on any atom is 0.222 e. The molecule has 0 spiro atoms. The number of nitrogens with one attached hydrogen (secondary N) is 1. The number of amides is 1. The standard InChI is InChI=1S/C15H22N2O2/c1-13-4-6-14(7-5-13)19-12-2-3-15(18)17-10-8-16-9-11-17/h4-7,16H,2-3,8-12H2,1H3. The molecular formula is C15H22N2O2. The topological polar surface area (TPSA) is 41.6 Å². The van der Waals surface area contributed by atoms with Gasteiger partial charge in [0.15, 0.2) is 0 Å². The largest absolute Gasteiger partial charge is 0.494 e. The number of hydrogen-bond acceptors (Lipinski definition) is 3. The second-order valence-electron chi connectivity index (χ2n) is 4.90. The zero-order chi connectivity index (χ0) is 13.5. The van der Waals surface area contributed by atoms with Crippen molar-refractivity contribution in [3.8, 4) is 5.75 Å². The van der Waals surface area contributed by atoms with Crippen LogP contribution < -0.4 is 10.1 Å². The summed E-state index contributed by atoms with van der Waals surface area (Å²) in [6.07, 6.45) is 1.35. The smallest absolute Gasteiger partial charge is 0.222 e. The first-order valence-electron chi connectivity index (χ1n) is 6.94. The molecule has 0 radical (unpaired) electrons. The van der Waals surface area contributed by atoms with E-state index < -0.39 is 0 Å². The average molecular weight is 262 g/mol. The Balaban J connectivity index is 1.63. The Labute approximate surface area is 114 Å². The van der Waals surface area contributed by atoms with E-state index in [0.29, 0.717) is 13.0 Å². The molecular weight excluding hydrogens is 240 g/mol. The van der Waals surface area contributed by atoms with E-state index in [1.807, 2.05) is 29.2 Å². The van der Waals surface area contributed by atoms with Crippen LogP contribution in [-0.2, 0) is 4.79 Å².